The summed E-state index contributed by atoms with van der Waals surface area (Å²) < 4.78 is 0. The van der Waals surface area contributed by atoms with Crippen LogP contribution in [0, 0.1) is 0 Å². The Morgan fingerprint density at radius 3 is 2.04 bits per heavy atom. The topological polar surface area (TPSA) is 60.8 Å². The maximum Gasteiger partial charge on any atom is 0.336 e. The van der Waals surface area contributed by atoms with Crippen molar-refractivity contribution in [3.8, 4) is 5.75 Å². The average molecular weight is 311 g/mol. The Hall–Kier alpha value is -2.75. The molecule has 0 aliphatic heterocycles. The molecule has 2 aromatic carbocycles. The van der Waals surface area contributed by atoms with Crippen LogP contribution >= 0.6 is 0 Å². The molecule has 0 atom stereocenters. The molecule has 0 aliphatic rings. The predicted molar refractivity (Wildman–Crippen MR) is 93.6 cm³/mol. The van der Waals surface area contributed by atoms with E-state index in [4.69, 9.17) is 0 Å². The lowest BCUT2D eigenvalue weighted by Gasteiger charge is -2.20. The number of hydrogen-bond acceptors (Lipinski definition) is 3. The first-order valence-electron chi connectivity index (χ1n) is 7.64. The summed E-state index contributed by atoms with van der Waals surface area (Å²) in [7, 11) is 0. The molecule has 4 nitrogen and oxygen atoms in total. The Kier molecular flexibility index (Phi) is 5.41. The third-order valence-electron chi connectivity index (χ3n) is 3.74. The third-order valence-corrected chi connectivity index (χ3v) is 3.74. The number of phenols is 1. The van der Waals surface area contributed by atoms with Gasteiger partial charge in [-0.1, -0.05) is 24.3 Å². The van der Waals surface area contributed by atoms with Crippen LogP contribution < -0.4 is 4.90 Å². The van der Waals surface area contributed by atoms with Gasteiger partial charge in [-0.2, -0.15) is 0 Å². The van der Waals surface area contributed by atoms with Gasteiger partial charge in [0, 0.05) is 18.8 Å². The van der Waals surface area contributed by atoms with Gasteiger partial charge in [0.15, 0.2) is 0 Å². The van der Waals surface area contributed by atoms with E-state index in [-0.39, 0.29) is 11.3 Å². The van der Waals surface area contributed by atoms with E-state index in [1.54, 1.807) is 18.2 Å². The van der Waals surface area contributed by atoms with Crippen molar-refractivity contribution in [3.05, 3.63) is 59.7 Å². The minimum Gasteiger partial charge on any atom is -0.508 e. The minimum absolute atomic E-state index is 0.113. The minimum atomic E-state index is -0.997. The molecule has 0 bridgehead atoms. The van der Waals surface area contributed by atoms with Gasteiger partial charge in [0.2, 0.25) is 0 Å². The summed E-state index contributed by atoms with van der Waals surface area (Å²) in [5.41, 5.74) is 2.70. The molecule has 0 heterocycles. The molecule has 0 saturated carbocycles. The lowest BCUT2D eigenvalue weighted by molar-refractivity contribution is -0.130. The van der Waals surface area contributed by atoms with Gasteiger partial charge < -0.3 is 15.1 Å². The van der Waals surface area contributed by atoms with E-state index in [0.29, 0.717) is 5.56 Å². The van der Waals surface area contributed by atoms with Crippen LogP contribution in [-0.4, -0.2) is 29.3 Å². The molecule has 4 heteroatoms. The van der Waals surface area contributed by atoms with Gasteiger partial charge >= 0.3 is 5.97 Å². The summed E-state index contributed by atoms with van der Waals surface area (Å²) in [6.45, 7) is 6.06. The Balaban J connectivity index is 2.33. The van der Waals surface area contributed by atoms with Crippen molar-refractivity contribution in [3.63, 3.8) is 0 Å². The number of carboxylic acid groups (broad SMARTS) is 1. The van der Waals surface area contributed by atoms with Crippen LogP contribution in [0.15, 0.2) is 48.5 Å². The van der Waals surface area contributed by atoms with Gasteiger partial charge in [0.05, 0.1) is 5.57 Å². The maximum atomic E-state index is 11.5. The molecule has 0 aromatic heterocycles. The zero-order valence-electron chi connectivity index (χ0n) is 13.4. The summed E-state index contributed by atoms with van der Waals surface area (Å²) >= 11 is 0. The van der Waals surface area contributed by atoms with Crippen molar-refractivity contribution in [2.45, 2.75) is 13.8 Å². The molecule has 2 aromatic rings. The highest BCUT2D eigenvalue weighted by Gasteiger charge is 2.10. The fourth-order valence-electron chi connectivity index (χ4n) is 2.45. The van der Waals surface area contributed by atoms with Gasteiger partial charge in [0.1, 0.15) is 5.75 Å². The first-order chi connectivity index (χ1) is 11.0. The molecule has 0 fully saturated rings. The van der Waals surface area contributed by atoms with E-state index in [0.717, 1.165) is 24.3 Å². The van der Waals surface area contributed by atoms with Crippen molar-refractivity contribution in [2.75, 3.05) is 18.0 Å². The number of anilines is 1. The SMILES string of the molecule is CCN(CC)c1ccc(/C=C(\C(=O)O)c2ccc(O)cc2)cc1. The first kappa shape index (κ1) is 16.6. The molecule has 120 valence electrons. The van der Waals surface area contributed by atoms with Crippen LogP contribution in [0.4, 0.5) is 5.69 Å². The van der Waals surface area contributed by atoms with Crippen molar-refractivity contribution in [1.82, 2.24) is 0 Å². The summed E-state index contributed by atoms with van der Waals surface area (Å²) in [6, 6.07) is 14.0. The smallest absolute Gasteiger partial charge is 0.336 e. The Morgan fingerprint density at radius 1 is 1.00 bits per heavy atom. The zero-order chi connectivity index (χ0) is 16.8. The Labute approximate surface area is 136 Å². The van der Waals surface area contributed by atoms with Gasteiger partial charge in [-0.3, -0.25) is 0 Å². The lowest BCUT2D eigenvalue weighted by atomic mass is 10.0. The standard InChI is InChI=1S/C19H21NO3/c1-3-20(4-2)16-9-5-14(6-10-16)13-18(19(22)23)15-7-11-17(21)12-8-15/h5-13,21H,3-4H2,1-2H3,(H,22,23)/b18-13-. The van der Waals surface area contributed by atoms with Crippen LogP contribution in [0.3, 0.4) is 0 Å². The molecular formula is C19H21NO3. The van der Waals surface area contributed by atoms with E-state index in [1.165, 1.54) is 12.1 Å². The molecular weight excluding hydrogens is 290 g/mol. The van der Waals surface area contributed by atoms with Crippen LogP contribution in [0.5, 0.6) is 5.75 Å². The van der Waals surface area contributed by atoms with Gasteiger partial charge in [0.25, 0.3) is 0 Å². The molecule has 0 unspecified atom stereocenters. The van der Waals surface area contributed by atoms with Crippen molar-refractivity contribution in [2.24, 2.45) is 0 Å². The quantitative estimate of drug-likeness (QED) is 0.628. The Bertz CT molecular complexity index is 684. The summed E-state index contributed by atoms with van der Waals surface area (Å²) in [4.78, 5) is 13.7. The summed E-state index contributed by atoms with van der Waals surface area (Å²) in [5, 5.41) is 18.8. The number of aliphatic carboxylic acids is 1. The second-order valence-corrected chi connectivity index (χ2v) is 5.17. The second kappa shape index (κ2) is 7.49. The average Bonchev–Trinajstić information content (AvgIpc) is 2.56. The fourth-order valence-corrected chi connectivity index (χ4v) is 2.45. The van der Waals surface area contributed by atoms with Crippen molar-refractivity contribution >= 4 is 23.3 Å². The molecule has 0 saturated heterocycles. The highest BCUT2D eigenvalue weighted by atomic mass is 16.4. The van der Waals surface area contributed by atoms with E-state index in [9.17, 15) is 15.0 Å². The molecule has 2 rings (SSSR count). The highest BCUT2D eigenvalue weighted by Crippen LogP contribution is 2.22. The number of hydrogen-bond donors (Lipinski definition) is 2. The lowest BCUT2D eigenvalue weighted by Crippen LogP contribution is -2.21. The largest absolute Gasteiger partial charge is 0.508 e. The maximum absolute atomic E-state index is 11.5. The van der Waals surface area contributed by atoms with E-state index in [2.05, 4.69) is 18.7 Å². The number of nitrogens with zero attached hydrogens (tertiary/aromatic N) is 1. The normalized spacial score (nSPS) is 11.3. The van der Waals surface area contributed by atoms with E-state index in [1.807, 2.05) is 24.3 Å². The van der Waals surface area contributed by atoms with E-state index < -0.39 is 5.97 Å². The number of aromatic hydroxyl groups is 1. The van der Waals surface area contributed by atoms with E-state index >= 15 is 0 Å². The predicted octanol–water partition coefficient (Wildman–Crippen LogP) is 3.86. The number of carbonyl (C=O) groups is 1. The van der Waals surface area contributed by atoms with Crippen LogP contribution in [0.2, 0.25) is 0 Å². The number of rotatable bonds is 6. The number of phenolic OH excluding ortho intramolecular Hbond substituents is 1. The molecule has 0 spiro atoms. The van der Waals surface area contributed by atoms with Crippen molar-refractivity contribution in [1.29, 1.82) is 0 Å². The number of benzene rings is 2. The summed E-state index contributed by atoms with van der Waals surface area (Å²) in [6.07, 6.45) is 1.64. The fraction of sp³-hybridized carbons (Fsp3) is 0.211. The van der Waals surface area contributed by atoms with Crippen molar-refractivity contribution < 1.29 is 15.0 Å². The highest BCUT2D eigenvalue weighted by molar-refractivity contribution is 6.20. The second-order valence-electron chi connectivity index (χ2n) is 5.17. The molecule has 0 amide bonds. The number of carboxylic acids is 1. The summed E-state index contributed by atoms with van der Waals surface area (Å²) in [5.74, 6) is -0.884. The van der Waals surface area contributed by atoms with Crippen LogP contribution in [0.25, 0.3) is 11.6 Å². The third kappa shape index (κ3) is 4.13. The van der Waals surface area contributed by atoms with Crippen LogP contribution in [-0.2, 0) is 4.79 Å². The first-order valence-corrected chi connectivity index (χ1v) is 7.64. The Morgan fingerprint density at radius 2 is 1.57 bits per heavy atom. The van der Waals surface area contributed by atoms with Gasteiger partial charge in [-0.25, -0.2) is 4.79 Å². The molecule has 0 radical (unpaired) electrons. The van der Waals surface area contributed by atoms with Gasteiger partial charge in [-0.15, -0.1) is 0 Å². The zero-order valence-corrected chi connectivity index (χ0v) is 13.4. The molecule has 23 heavy (non-hydrogen) atoms. The monoisotopic (exact) mass is 311 g/mol. The van der Waals surface area contributed by atoms with Gasteiger partial charge in [-0.05, 0) is 55.3 Å². The van der Waals surface area contributed by atoms with Crippen LogP contribution in [0.1, 0.15) is 25.0 Å². The molecule has 0 aliphatic carbocycles. The molecule has 2 N–H and O–H groups in total.